The van der Waals surface area contributed by atoms with Crippen molar-refractivity contribution in [3.05, 3.63) is 23.2 Å². The number of nitrogens with two attached hydrogens (primary N) is 1. The van der Waals surface area contributed by atoms with Crippen LogP contribution >= 0.6 is 11.6 Å². The van der Waals surface area contributed by atoms with E-state index in [-0.39, 0.29) is 10.6 Å². The SMILES string of the molecule is CCNS(=O)(=O)c1ccc(Cl)c(N)c1. The van der Waals surface area contributed by atoms with E-state index in [2.05, 4.69) is 4.72 Å². The molecular formula is C8H11ClN2O2S. The lowest BCUT2D eigenvalue weighted by atomic mass is 10.3. The molecule has 0 spiro atoms. The topological polar surface area (TPSA) is 72.2 Å². The van der Waals surface area contributed by atoms with Crippen LogP contribution in [0.4, 0.5) is 5.69 Å². The van der Waals surface area contributed by atoms with Crippen LogP contribution in [0.25, 0.3) is 0 Å². The molecule has 1 aromatic rings. The Morgan fingerprint density at radius 2 is 2.14 bits per heavy atom. The molecular weight excluding hydrogens is 224 g/mol. The van der Waals surface area contributed by atoms with Crippen LogP contribution in [-0.4, -0.2) is 15.0 Å². The molecule has 1 rings (SSSR count). The summed E-state index contributed by atoms with van der Waals surface area (Å²) in [4.78, 5) is 0.126. The summed E-state index contributed by atoms with van der Waals surface area (Å²) in [6.07, 6.45) is 0. The molecule has 0 aliphatic heterocycles. The minimum Gasteiger partial charge on any atom is -0.397 e. The molecule has 0 saturated heterocycles. The van der Waals surface area contributed by atoms with Crippen LogP contribution in [0.5, 0.6) is 0 Å². The van der Waals surface area contributed by atoms with Gasteiger partial charge in [-0.05, 0) is 18.2 Å². The average molecular weight is 235 g/mol. The van der Waals surface area contributed by atoms with Crippen LogP contribution in [-0.2, 0) is 10.0 Å². The van der Waals surface area contributed by atoms with Crippen LogP contribution < -0.4 is 10.5 Å². The summed E-state index contributed by atoms with van der Waals surface area (Å²) in [5, 5.41) is 0.348. The van der Waals surface area contributed by atoms with Crippen LogP contribution in [0.15, 0.2) is 23.1 Å². The smallest absolute Gasteiger partial charge is 0.240 e. The number of anilines is 1. The molecule has 3 N–H and O–H groups in total. The standard InChI is InChI=1S/C8H11ClN2O2S/c1-2-11-14(12,13)6-3-4-7(9)8(10)5-6/h3-5,11H,2,10H2,1H3. The monoisotopic (exact) mass is 234 g/mol. The zero-order chi connectivity index (χ0) is 10.8. The molecule has 0 amide bonds. The second kappa shape index (κ2) is 4.16. The van der Waals surface area contributed by atoms with E-state index in [1.807, 2.05) is 0 Å². The highest BCUT2D eigenvalue weighted by Gasteiger charge is 2.13. The molecule has 0 aromatic heterocycles. The molecule has 0 saturated carbocycles. The van der Waals surface area contributed by atoms with E-state index in [9.17, 15) is 8.42 Å². The van der Waals surface area contributed by atoms with Gasteiger partial charge in [-0.3, -0.25) is 0 Å². The number of sulfonamides is 1. The number of hydrogen-bond acceptors (Lipinski definition) is 3. The highest BCUT2D eigenvalue weighted by atomic mass is 35.5. The zero-order valence-electron chi connectivity index (χ0n) is 7.62. The first-order valence-electron chi connectivity index (χ1n) is 4.02. The molecule has 78 valence electrons. The molecule has 1 aromatic carbocycles. The fourth-order valence-corrected chi connectivity index (χ4v) is 2.16. The first-order chi connectivity index (χ1) is 6.47. The van der Waals surface area contributed by atoms with Gasteiger partial charge in [0, 0.05) is 6.54 Å². The van der Waals surface area contributed by atoms with E-state index < -0.39 is 10.0 Å². The third-order valence-corrected chi connectivity index (χ3v) is 3.50. The Kier molecular flexibility index (Phi) is 3.36. The molecule has 4 nitrogen and oxygen atoms in total. The maximum atomic E-state index is 11.5. The van der Waals surface area contributed by atoms with Crippen molar-refractivity contribution in [2.24, 2.45) is 0 Å². The van der Waals surface area contributed by atoms with E-state index in [0.717, 1.165) is 0 Å². The van der Waals surface area contributed by atoms with Gasteiger partial charge in [0.05, 0.1) is 15.6 Å². The van der Waals surface area contributed by atoms with Gasteiger partial charge >= 0.3 is 0 Å². The lowest BCUT2D eigenvalue weighted by Gasteiger charge is -2.05. The molecule has 0 aliphatic carbocycles. The average Bonchev–Trinajstić information content (AvgIpc) is 2.09. The lowest BCUT2D eigenvalue weighted by Crippen LogP contribution is -2.23. The maximum absolute atomic E-state index is 11.5. The van der Waals surface area contributed by atoms with Crippen LogP contribution in [0.2, 0.25) is 5.02 Å². The van der Waals surface area contributed by atoms with Gasteiger partial charge in [-0.15, -0.1) is 0 Å². The molecule has 0 fully saturated rings. The number of halogens is 1. The fourth-order valence-electron chi connectivity index (χ4n) is 0.962. The van der Waals surface area contributed by atoms with Crippen molar-refractivity contribution < 1.29 is 8.42 Å². The van der Waals surface area contributed by atoms with Gasteiger partial charge in [0.25, 0.3) is 0 Å². The van der Waals surface area contributed by atoms with E-state index >= 15 is 0 Å². The molecule has 14 heavy (non-hydrogen) atoms. The van der Waals surface area contributed by atoms with Crippen LogP contribution in [0, 0.1) is 0 Å². The Bertz CT molecular complexity index is 431. The number of nitrogens with one attached hydrogen (secondary N) is 1. The van der Waals surface area contributed by atoms with Crippen molar-refractivity contribution in [2.45, 2.75) is 11.8 Å². The van der Waals surface area contributed by atoms with Gasteiger partial charge in [-0.25, -0.2) is 13.1 Å². The molecule has 0 atom stereocenters. The Morgan fingerprint density at radius 1 is 1.50 bits per heavy atom. The lowest BCUT2D eigenvalue weighted by molar-refractivity contribution is 0.584. The summed E-state index contributed by atoms with van der Waals surface area (Å²) in [7, 11) is -3.44. The van der Waals surface area contributed by atoms with Crippen molar-refractivity contribution in [3.63, 3.8) is 0 Å². The van der Waals surface area contributed by atoms with Gasteiger partial charge in [0.2, 0.25) is 10.0 Å². The van der Waals surface area contributed by atoms with Gasteiger partial charge < -0.3 is 5.73 Å². The Labute approximate surface area is 88.1 Å². The summed E-state index contributed by atoms with van der Waals surface area (Å²) in [6.45, 7) is 2.04. The number of benzene rings is 1. The Hall–Kier alpha value is -0.780. The molecule has 0 heterocycles. The predicted octanol–water partition coefficient (Wildman–Crippen LogP) is 1.22. The third kappa shape index (κ3) is 2.37. The number of rotatable bonds is 3. The van der Waals surface area contributed by atoms with E-state index in [1.165, 1.54) is 18.2 Å². The summed E-state index contributed by atoms with van der Waals surface area (Å²) in [5.74, 6) is 0. The summed E-state index contributed by atoms with van der Waals surface area (Å²) in [5.41, 5.74) is 5.74. The van der Waals surface area contributed by atoms with E-state index in [0.29, 0.717) is 11.6 Å². The molecule has 6 heteroatoms. The second-order valence-corrected chi connectivity index (χ2v) is 4.86. The zero-order valence-corrected chi connectivity index (χ0v) is 9.19. The minimum atomic E-state index is -3.44. The van der Waals surface area contributed by atoms with Crippen molar-refractivity contribution in [3.8, 4) is 0 Å². The Morgan fingerprint density at radius 3 is 2.64 bits per heavy atom. The van der Waals surface area contributed by atoms with Gasteiger partial charge in [-0.2, -0.15) is 0 Å². The van der Waals surface area contributed by atoms with Crippen molar-refractivity contribution in [1.29, 1.82) is 0 Å². The number of hydrogen-bond donors (Lipinski definition) is 2. The third-order valence-electron chi connectivity index (χ3n) is 1.61. The van der Waals surface area contributed by atoms with Gasteiger partial charge in [0.1, 0.15) is 0 Å². The highest BCUT2D eigenvalue weighted by molar-refractivity contribution is 7.89. The first kappa shape index (κ1) is 11.3. The largest absolute Gasteiger partial charge is 0.397 e. The fraction of sp³-hybridized carbons (Fsp3) is 0.250. The quantitative estimate of drug-likeness (QED) is 0.773. The molecule has 0 bridgehead atoms. The van der Waals surface area contributed by atoms with E-state index in [4.69, 9.17) is 17.3 Å². The summed E-state index contributed by atoms with van der Waals surface area (Å²) >= 11 is 5.67. The predicted molar refractivity (Wildman–Crippen MR) is 56.7 cm³/mol. The van der Waals surface area contributed by atoms with E-state index in [1.54, 1.807) is 6.92 Å². The summed E-state index contributed by atoms with van der Waals surface area (Å²) < 4.78 is 25.3. The van der Waals surface area contributed by atoms with Gasteiger partial charge in [0.15, 0.2) is 0 Å². The minimum absolute atomic E-state index is 0.126. The van der Waals surface area contributed by atoms with Crippen molar-refractivity contribution >= 4 is 27.3 Å². The van der Waals surface area contributed by atoms with Crippen LogP contribution in [0.1, 0.15) is 6.92 Å². The number of nitrogen functional groups attached to an aromatic ring is 1. The molecule has 0 aliphatic rings. The van der Waals surface area contributed by atoms with Crippen molar-refractivity contribution in [1.82, 2.24) is 4.72 Å². The normalized spacial score (nSPS) is 11.6. The maximum Gasteiger partial charge on any atom is 0.240 e. The second-order valence-electron chi connectivity index (χ2n) is 2.68. The Balaban J connectivity index is 3.15. The van der Waals surface area contributed by atoms with Crippen molar-refractivity contribution in [2.75, 3.05) is 12.3 Å². The molecule has 0 radical (unpaired) electrons. The summed E-state index contributed by atoms with van der Waals surface area (Å²) in [6, 6.07) is 4.21. The first-order valence-corrected chi connectivity index (χ1v) is 5.88. The van der Waals surface area contributed by atoms with Crippen LogP contribution in [0.3, 0.4) is 0 Å². The molecule has 0 unspecified atom stereocenters. The van der Waals surface area contributed by atoms with Gasteiger partial charge in [-0.1, -0.05) is 18.5 Å². The highest BCUT2D eigenvalue weighted by Crippen LogP contribution is 2.21.